The van der Waals surface area contributed by atoms with Crippen LogP contribution in [-0.2, 0) is 13.6 Å². The van der Waals surface area contributed by atoms with Gasteiger partial charge in [0.05, 0.1) is 23.7 Å². The van der Waals surface area contributed by atoms with Gasteiger partial charge in [-0.05, 0) is 58.0 Å². The van der Waals surface area contributed by atoms with Crippen molar-refractivity contribution in [3.63, 3.8) is 0 Å². The molecule has 1 fully saturated rings. The predicted molar refractivity (Wildman–Crippen MR) is 97.9 cm³/mol. The molecule has 0 aliphatic carbocycles. The molecule has 132 valence electrons. The number of benzene rings is 1. The summed E-state index contributed by atoms with van der Waals surface area (Å²) in [6, 6.07) is 8.32. The Balaban J connectivity index is 1.52. The maximum atomic E-state index is 9.51. The van der Waals surface area contributed by atoms with E-state index in [-0.39, 0.29) is 6.10 Å². The molecular weight excluding hydrogens is 300 g/mol. The van der Waals surface area contributed by atoms with Crippen molar-refractivity contribution in [2.75, 3.05) is 33.2 Å². The molecule has 24 heavy (non-hydrogen) atoms. The average Bonchev–Trinajstić information content (AvgIpc) is 2.85. The summed E-state index contributed by atoms with van der Waals surface area (Å²) in [5.41, 5.74) is 2.28. The highest BCUT2D eigenvalue weighted by Gasteiger charge is 2.21. The summed E-state index contributed by atoms with van der Waals surface area (Å²) < 4.78 is 2.21. The third-order valence-corrected chi connectivity index (χ3v) is 5.09. The molecule has 3 rings (SSSR count). The first kappa shape index (κ1) is 17.4. The van der Waals surface area contributed by atoms with Gasteiger partial charge >= 0.3 is 0 Å². The van der Waals surface area contributed by atoms with E-state index in [1.165, 1.54) is 18.4 Å². The third-order valence-electron chi connectivity index (χ3n) is 5.09. The van der Waals surface area contributed by atoms with Gasteiger partial charge < -0.3 is 14.6 Å². The first-order valence-electron chi connectivity index (χ1n) is 9.02. The number of nitrogens with zero attached hydrogens (tertiary/aromatic N) is 4. The summed E-state index contributed by atoms with van der Waals surface area (Å²) >= 11 is 0. The Bertz CT molecular complexity index is 658. The lowest BCUT2D eigenvalue weighted by Crippen LogP contribution is -2.40. The van der Waals surface area contributed by atoms with Crippen molar-refractivity contribution in [2.45, 2.75) is 32.4 Å². The highest BCUT2D eigenvalue weighted by atomic mass is 16.3. The Morgan fingerprint density at radius 2 is 2.00 bits per heavy atom. The molecule has 0 saturated carbocycles. The monoisotopic (exact) mass is 330 g/mol. The Hall–Kier alpha value is -1.43. The van der Waals surface area contributed by atoms with Gasteiger partial charge in [-0.15, -0.1) is 0 Å². The number of fused-ring (bicyclic) bond motifs is 1. The number of hydrogen-bond donors (Lipinski definition) is 1. The summed E-state index contributed by atoms with van der Waals surface area (Å²) in [5, 5.41) is 9.51. The summed E-state index contributed by atoms with van der Waals surface area (Å²) in [6.07, 6.45) is 2.22. The molecule has 0 bridgehead atoms. The van der Waals surface area contributed by atoms with Crippen molar-refractivity contribution >= 4 is 11.0 Å². The molecule has 2 heterocycles. The Morgan fingerprint density at radius 3 is 2.67 bits per heavy atom. The van der Waals surface area contributed by atoms with Crippen molar-refractivity contribution in [2.24, 2.45) is 13.0 Å². The van der Waals surface area contributed by atoms with Crippen LogP contribution >= 0.6 is 0 Å². The molecular formula is C19H30N4O. The summed E-state index contributed by atoms with van der Waals surface area (Å²) in [5.74, 6) is 1.88. The lowest BCUT2D eigenvalue weighted by molar-refractivity contribution is 0.0916. The van der Waals surface area contributed by atoms with E-state index in [0.29, 0.717) is 0 Å². The number of hydrogen-bond acceptors (Lipinski definition) is 4. The molecule has 1 atom stereocenters. The molecule has 1 N–H and O–H groups in total. The van der Waals surface area contributed by atoms with Crippen LogP contribution in [0, 0.1) is 5.92 Å². The van der Waals surface area contributed by atoms with Crippen LogP contribution in [0.25, 0.3) is 11.0 Å². The molecule has 1 aromatic heterocycles. The van der Waals surface area contributed by atoms with E-state index in [1.54, 1.807) is 0 Å². The van der Waals surface area contributed by atoms with Crippen LogP contribution in [0.2, 0.25) is 0 Å². The molecule has 0 unspecified atom stereocenters. The molecule has 5 nitrogen and oxygen atoms in total. The number of imidazole rings is 1. The minimum Gasteiger partial charge on any atom is -0.392 e. The van der Waals surface area contributed by atoms with Crippen LogP contribution < -0.4 is 0 Å². The zero-order chi connectivity index (χ0) is 17.1. The quantitative estimate of drug-likeness (QED) is 0.881. The van der Waals surface area contributed by atoms with Gasteiger partial charge in [0.2, 0.25) is 0 Å². The summed E-state index contributed by atoms with van der Waals surface area (Å²) in [4.78, 5) is 9.56. The number of piperidine rings is 1. The van der Waals surface area contributed by atoms with Crippen LogP contribution in [-0.4, -0.2) is 63.8 Å². The average molecular weight is 330 g/mol. The van der Waals surface area contributed by atoms with Crippen molar-refractivity contribution in [1.82, 2.24) is 19.4 Å². The predicted octanol–water partition coefficient (Wildman–Crippen LogP) is 2.10. The van der Waals surface area contributed by atoms with Crippen molar-refractivity contribution in [3.8, 4) is 0 Å². The number of aliphatic hydroxyl groups excluding tert-OH is 1. The molecule has 1 aliphatic heterocycles. The SMILES string of the molecule is C[C@@H](O)CN1CCC(CN(C)Cc2nc3ccccc3n2C)CC1. The second kappa shape index (κ2) is 7.64. The van der Waals surface area contributed by atoms with E-state index in [2.05, 4.69) is 46.7 Å². The smallest absolute Gasteiger partial charge is 0.123 e. The van der Waals surface area contributed by atoms with E-state index < -0.39 is 0 Å². The molecule has 2 aromatic rings. The summed E-state index contributed by atoms with van der Waals surface area (Å²) in [7, 11) is 4.30. The van der Waals surface area contributed by atoms with Gasteiger partial charge in [0.15, 0.2) is 0 Å². The first-order valence-corrected chi connectivity index (χ1v) is 9.02. The highest BCUT2D eigenvalue weighted by molar-refractivity contribution is 5.75. The molecule has 1 aliphatic rings. The second-order valence-corrected chi connectivity index (χ2v) is 7.37. The fourth-order valence-corrected chi connectivity index (χ4v) is 3.81. The normalized spacial score (nSPS) is 18.5. The molecule has 1 saturated heterocycles. The maximum absolute atomic E-state index is 9.51. The van der Waals surface area contributed by atoms with Crippen molar-refractivity contribution < 1.29 is 5.11 Å². The second-order valence-electron chi connectivity index (χ2n) is 7.37. The van der Waals surface area contributed by atoms with E-state index in [4.69, 9.17) is 4.98 Å². The largest absolute Gasteiger partial charge is 0.392 e. The number of para-hydroxylation sites is 2. The molecule has 0 radical (unpaired) electrons. The van der Waals surface area contributed by atoms with Gasteiger partial charge in [-0.3, -0.25) is 4.90 Å². The number of aromatic nitrogens is 2. The molecule has 5 heteroatoms. The minimum atomic E-state index is -0.221. The van der Waals surface area contributed by atoms with E-state index in [0.717, 1.165) is 50.0 Å². The van der Waals surface area contributed by atoms with Gasteiger partial charge in [-0.25, -0.2) is 4.98 Å². The van der Waals surface area contributed by atoms with E-state index in [1.807, 2.05) is 13.0 Å². The molecule has 0 spiro atoms. The van der Waals surface area contributed by atoms with Gasteiger partial charge in [0.1, 0.15) is 5.82 Å². The topological polar surface area (TPSA) is 44.5 Å². The Kier molecular flexibility index (Phi) is 5.54. The Labute approximate surface area is 144 Å². The van der Waals surface area contributed by atoms with Crippen LogP contribution in [0.5, 0.6) is 0 Å². The maximum Gasteiger partial charge on any atom is 0.123 e. The number of β-amino-alcohol motifs (C(OH)–C–C–N with tert-alkyl or cyclic N) is 1. The van der Waals surface area contributed by atoms with Crippen molar-refractivity contribution in [1.29, 1.82) is 0 Å². The van der Waals surface area contributed by atoms with E-state index in [9.17, 15) is 5.11 Å². The first-order chi connectivity index (χ1) is 11.5. The summed E-state index contributed by atoms with van der Waals surface area (Å²) in [6.45, 7) is 6.90. The fourth-order valence-electron chi connectivity index (χ4n) is 3.81. The van der Waals surface area contributed by atoms with Gasteiger partial charge in [0, 0.05) is 20.1 Å². The number of likely N-dealkylation sites (tertiary alicyclic amines) is 1. The van der Waals surface area contributed by atoms with Gasteiger partial charge in [0.25, 0.3) is 0 Å². The lowest BCUT2D eigenvalue weighted by atomic mass is 9.96. The standard InChI is InChI=1S/C19H30N4O/c1-15(24)12-23-10-8-16(9-11-23)13-21(2)14-19-20-17-6-4-5-7-18(17)22(19)3/h4-7,15-16,24H,8-14H2,1-3H3/t15-/m1/s1. The molecule has 0 amide bonds. The van der Waals surface area contributed by atoms with E-state index >= 15 is 0 Å². The van der Waals surface area contributed by atoms with Crippen LogP contribution in [0.3, 0.4) is 0 Å². The Morgan fingerprint density at radius 1 is 1.29 bits per heavy atom. The zero-order valence-corrected chi connectivity index (χ0v) is 15.1. The molecule has 1 aromatic carbocycles. The number of aryl methyl sites for hydroxylation is 1. The van der Waals surface area contributed by atoms with Crippen LogP contribution in [0.15, 0.2) is 24.3 Å². The van der Waals surface area contributed by atoms with Crippen LogP contribution in [0.1, 0.15) is 25.6 Å². The zero-order valence-electron chi connectivity index (χ0n) is 15.1. The third kappa shape index (κ3) is 4.15. The van der Waals surface area contributed by atoms with Gasteiger partial charge in [-0.1, -0.05) is 12.1 Å². The fraction of sp³-hybridized carbons (Fsp3) is 0.632. The van der Waals surface area contributed by atoms with Crippen LogP contribution in [0.4, 0.5) is 0 Å². The van der Waals surface area contributed by atoms with Crippen molar-refractivity contribution in [3.05, 3.63) is 30.1 Å². The number of aliphatic hydroxyl groups is 1. The highest BCUT2D eigenvalue weighted by Crippen LogP contribution is 2.20. The van der Waals surface area contributed by atoms with Gasteiger partial charge in [-0.2, -0.15) is 0 Å². The minimum absolute atomic E-state index is 0.221. The number of rotatable bonds is 6. The lowest BCUT2D eigenvalue weighted by Gasteiger charge is -2.34.